The van der Waals surface area contributed by atoms with Crippen molar-refractivity contribution in [1.29, 1.82) is 0 Å². The van der Waals surface area contributed by atoms with Crippen LogP contribution in [0.5, 0.6) is 0 Å². The minimum Gasteiger partial charge on any atom is -0.343 e. The smallest absolute Gasteiger partial charge is 0.262 e. The van der Waals surface area contributed by atoms with Crippen LogP contribution in [0.4, 0.5) is 0 Å². The van der Waals surface area contributed by atoms with Crippen molar-refractivity contribution in [3.05, 3.63) is 48.7 Å². The van der Waals surface area contributed by atoms with Gasteiger partial charge in [-0.1, -0.05) is 36.9 Å². The third-order valence-corrected chi connectivity index (χ3v) is 2.21. The van der Waals surface area contributed by atoms with Gasteiger partial charge in [0.05, 0.1) is 0 Å². The highest BCUT2D eigenvalue weighted by Gasteiger charge is 2.31. The number of carbonyl (C=O) groups is 1. The van der Waals surface area contributed by atoms with Gasteiger partial charge in [0.15, 0.2) is 6.10 Å². The van der Waals surface area contributed by atoms with Gasteiger partial charge in [0.25, 0.3) is 5.91 Å². The second-order valence-electron chi connectivity index (χ2n) is 3.08. The zero-order valence-electron chi connectivity index (χ0n) is 7.72. The first-order valence-electron chi connectivity index (χ1n) is 4.42. The molecule has 1 atom stereocenters. The molecule has 3 nitrogen and oxygen atoms in total. The predicted octanol–water partition coefficient (Wildman–Crippen LogP) is 1.69. The van der Waals surface area contributed by atoms with Crippen molar-refractivity contribution < 1.29 is 9.53 Å². The molecule has 1 amide bonds. The highest BCUT2D eigenvalue weighted by atomic mass is 16.5. The second-order valence-corrected chi connectivity index (χ2v) is 3.08. The van der Waals surface area contributed by atoms with E-state index in [4.69, 9.17) is 4.74 Å². The Morgan fingerprint density at radius 1 is 1.43 bits per heavy atom. The van der Waals surface area contributed by atoms with Gasteiger partial charge in [-0.3, -0.25) is 9.69 Å². The second kappa shape index (κ2) is 3.64. The number of amides is 1. The molecule has 0 radical (unpaired) electrons. The van der Waals surface area contributed by atoms with Gasteiger partial charge in [-0.2, -0.15) is 0 Å². The lowest BCUT2D eigenvalue weighted by atomic mass is 10.1. The summed E-state index contributed by atoms with van der Waals surface area (Å²) in [5.74, 6) is -0.0498. The molecule has 0 N–H and O–H groups in total. The summed E-state index contributed by atoms with van der Waals surface area (Å²) >= 11 is 0. The van der Waals surface area contributed by atoms with Gasteiger partial charge < -0.3 is 4.74 Å². The molecule has 0 aromatic heterocycles. The molecule has 0 spiro atoms. The third-order valence-electron chi connectivity index (χ3n) is 2.21. The van der Waals surface area contributed by atoms with E-state index in [1.54, 1.807) is 0 Å². The van der Waals surface area contributed by atoms with Gasteiger partial charge in [-0.05, 0) is 5.56 Å². The van der Waals surface area contributed by atoms with E-state index in [0.717, 1.165) is 5.56 Å². The fourth-order valence-electron chi connectivity index (χ4n) is 1.45. The fraction of sp³-hybridized carbons (Fsp3) is 0.182. The van der Waals surface area contributed by atoms with Crippen LogP contribution in [0.15, 0.2) is 43.1 Å². The Morgan fingerprint density at radius 2 is 2.14 bits per heavy atom. The molecular formula is C11H11NO2. The third kappa shape index (κ3) is 1.42. The molecule has 1 fully saturated rings. The van der Waals surface area contributed by atoms with E-state index >= 15 is 0 Å². The van der Waals surface area contributed by atoms with Crippen molar-refractivity contribution in [3.8, 4) is 0 Å². The molecule has 1 aliphatic heterocycles. The number of carbonyl (C=O) groups excluding carboxylic acids is 1. The number of hydrogen-bond acceptors (Lipinski definition) is 2. The first-order valence-corrected chi connectivity index (χ1v) is 4.42. The number of nitrogens with zero attached hydrogens (tertiary/aromatic N) is 1. The van der Waals surface area contributed by atoms with Gasteiger partial charge >= 0.3 is 0 Å². The van der Waals surface area contributed by atoms with Crippen molar-refractivity contribution in [2.45, 2.75) is 6.10 Å². The number of benzene rings is 1. The lowest BCUT2D eigenvalue weighted by molar-refractivity contribution is -0.128. The molecule has 0 aliphatic carbocycles. The summed E-state index contributed by atoms with van der Waals surface area (Å²) in [4.78, 5) is 13.1. The summed E-state index contributed by atoms with van der Waals surface area (Å²) in [6.45, 7) is 3.84. The maximum absolute atomic E-state index is 11.7. The van der Waals surface area contributed by atoms with Crippen LogP contribution in [0, 0.1) is 0 Å². The molecule has 14 heavy (non-hydrogen) atoms. The Balaban J connectivity index is 2.22. The maximum atomic E-state index is 11.7. The van der Waals surface area contributed by atoms with E-state index in [2.05, 4.69) is 6.58 Å². The van der Waals surface area contributed by atoms with Gasteiger partial charge in [-0.15, -0.1) is 0 Å². The molecule has 3 heteroatoms. The molecule has 1 aliphatic rings. The molecule has 0 saturated carbocycles. The van der Waals surface area contributed by atoms with Crippen molar-refractivity contribution in [2.24, 2.45) is 0 Å². The standard InChI is InChI=1S/C11H11NO2/c1-2-12-8-14-10(11(12)13)9-6-4-3-5-7-9/h2-7,10H,1,8H2. The van der Waals surface area contributed by atoms with Gasteiger partial charge in [0.1, 0.15) is 6.73 Å². The quantitative estimate of drug-likeness (QED) is 0.708. The van der Waals surface area contributed by atoms with E-state index in [0.29, 0.717) is 6.73 Å². The van der Waals surface area contributed by atoms with Crippen LogP contribution < -0.4 is 0 Å². The summed E-state index contributed by atoms with van der Waals surface area (Å²) in [7, 11) is 0. The van der Waals surface area contributed by atoms with Crippen molar-refractivity contribution in [2.75, 3.05) is 6.73 Å². The molecule has 2 rings (SSSR count). The van der Waals surface area contributed by atoms with Gasteiger partial charge in [-0.25, -0.2) is 0 Å². The molecule has 1 unspecified atom stereocenters. The van der Waals surface area contributed by atoms with Gasteiger partial charge in [0, 0.05) is 6.20 Å². The van der Waals surface area contributed by atoms with E-state index in [9.17, 15) is 4.79 Å². The highest BCUT2D eigenvalue weighted by Crippen LogP contribution is 2.25. The van der Waals surface area contributed by atoms with E-state index < -0.39 is 6.10 Å². The number of hydrogen-bond donors (Lipinski definition) is 0. The van der Waals surface area contributed by atoms with Crippen molar-refractivity contribution in [1.82, 2.24) is 4.90 Å². The number of rotatable bonds is 2. The van der Waals surface area contributed by atoms with Crippen LogP contribution in [-0.4, -0.2) is 17.5 Å². The summed E-state index contributed by atoms with van der Waals surface area (Å²) in [6.07, 6.45) is 1.03. The molecule has 1 heterocycles. The SMILES string of the molecule is C=CN1COC(c2ccccc2)C1=O. The molecular weight excluding hydrogens is 178 g/mol. The summed E-state index contributed by atoms with van der Waals surface area (Å²) in [5.41, 5.74) is 0.891. The zero-order chi connectivity index (χ0) is 9.97. The highest BCUT2D eigenvalue weighted by molar-refractivity contribution is 5.84. The Bertz CT molecular complexity index is 348. The summed E-state index contributed by atoms with van der Waals surface area (Å²) in [5, 5.41) is 0. The van der Waals surface area contributed by atoms with Crippen LogP contribution in [-0.2, 0) is 9.53 Å². The first-order chi connectivity index (χ1) is 6.83. The van der Waals surface area contributed by atoms with Crippen LogP contribution in [0.25, 0.3) is 0 Å². The minimum atomic E-state index is -0.464. The minimum absolute atomic E-state index is 0.0498. The first kappa shape index (κ1) is 8.97. The summed E-state index contributed by atoms with van der Waals surface area (Å²) < 4.78 is 5.36. The Morgan fingerprint density at radius 3 is 2.71 bits per heavy atom. The van der Waals surface area contributed by atoms with Crippen LogP contribution in [0.2, 0.25) is 0 Å². The van der Waals surface area contributed by atoms with Gasteiger partial charge in [0.2, 0.25) is 0 Å². The largest absolute Gasteiger partial charge is 0.343 e. The fourth-order valence-corrected chi connectivity index (χ4v) is 1.45. The van der Waals surface area contributed by atoms with Crippen molar-refractivity contribution >= 4 is 5.91 Å². The average Bonchev–Trinajstić information content (AvgIpc) is 2.61. The van der Waals surface area contributed by atoms with E-state index in [1.807, 2.05) is 30.3 Å². The Labute approximate surface area is 82.6 Å². The topological polar surface area (TPSA) is 29.5 Å². The molecule has 0 bridgehead atoms. The molecule has 1 saturated heterocycles. The predicted molar refractivity (Wildman–Crippen MR) is 52.2 cm³/mol. The Hall–Kier alpha value is -1.61. The molecule has 72 valence electrons. The lowest BCUT2D eigenvalue weighted by Gasteiger charge is -2.07. The maximum Gasteiger partial charge on any atom is 0.262 e. The normalized spacial score (nSPS) is 21.3. The average molecular weight is 189 g/mol. The van der Waals surface area contributed by atoms with E-state index in [1.165, 1.54) is 11.1 Å². The lowest BCUT2D eigenvalue weighted by Crippen LogP contribution is -2.20. The van der Waals surface area contributed by atoms with E-state index in [-0.39, 0.29) is 5.91 Å². The van der Waals surface area contributed by atoms with Crippen molar-refractivity contribution in [3.63, 3.8) is 0 Å². The summed E-state index contributed by atoms with van der Waals surface area (Å²) in [6, 6.07) is 9.46. The molecule has 1 aromatic rings. The molecule has 1 aromatic carbocycles. The van der Waals surface area contributed by atoms with Crippen LogP contribution in [0.1, 0.15) is 11.7 Å². The Kier molecular flexibility index (Phi) is 2.33. The number of ether oxygens (including phenoxy) is 1. The zero-order valence-corrected chi connectivity index (χ0v) is 7.72. The van der Waals surface area contributed by atoms with Crippen LogP contribution in [0.3, 0.4) is 0 Å². The monoisotopic (exact) mass is 189 g/mol. The van der Waals surface area contributed by atoms with Crippen LogP contribution >= 0.6 is 0 Å².